The zero-order valence-electron chi connectivity index (χ0n) is 24.4. The number of aromatic nitrogens is 1. The smallest absolute Gasteiger partial charge is 0.240 e. The van der Waals surface area contributed by atoms with Gasteiger partial charge < -0.3 is 30.1 Å². The number of carbonyl (C=O) groups is 1. The van der Waals surface area contributed by atoms with Crippen LogP contribution in [0.5, 0.6) is 0 Å². The summed E-state index contributed by atoms with van der Waals surface area (Å²) in [4.78, 5) is 21.8. The van der Waals surface area contributed by atoms with E-state index in [-0.39, 0.29) is 23.2 Å². The highest BCUT2D eigenvalue weighted by Crippen LogP contribution is 2.40. The largest absolute Gasteiger partial charge is 0.388 e. The number of likely N-dealkylation sites (tertiary alicyclic amines) is 1. The van der Waals surface area contributed by atoms with Crippen LogP contribution in [0.15, 0.2) is 65.8 Å². The molecule has 7 unspecified atom stereocenters. The number of amides is 1. The number of ether oxygens (including phenoxy) is 2. The molecule has 4 N–H and O–H groups in total. The number of aliphatic hydroxyl groups is 3. The van der Waals surface area contributed by atoms with Gasteiger partial charge in [0.25, 0.3) is 0 Å². The quantitative estimate of drug-likeness (QED) is 0.244. The number of allylic oxidation sites excluding steroid dienone is 1. The summed E-state index contributed by atoms with van der Waals surface area (Å²) < 4.78 is 12.4. The zero-order chi connectivity index (χ0) is 30.1. The van der Waals surface area contributed by atoms with Crippen molar-refractivity contribution in [1.82, 2.24) is 15.2 Å². The van der Waals surface area contributed by atoms with Crippen LogP contribution >= 0.6 is 23.5 Å². The highest BCUT2D eigenvalue weighted by Gasteiger charge is 2.53. The molecule has 0 bridgehead atoms. The first-order valence-electron chi connectivity index (χ1n) is 15.1. The second kappa shape index (κ2) is 13.6. The van der Waals surface area contributed by atoms with Gasteiger partial charge in [-0.15, -0.1) is 23.5 Å². The molecule has 2 saturated heterocycles. The molecule has 3 fully saturated rings. The highest BCUT2D eigenvalue weighted by molar-refractivity contribution is 8.00. The number of benzene rings is 1. The van der Waals surface area contributed by atoms with E-state index < -0.39 is 41.9 Å². The fourth-order valence-corrected chi connectivity index (χ4v) is 8.36. The molecule has 43 heavy (non-hydrogen) atoms. The molecule has 4 heterocycles. The van der Waals surface area contributed by atoms with Gasteiger partial charge in [-0.05, 0) is 54.8 Å². The number of pyridine rings is 1. The van der Waals surface area contributed by atoms with Crippen molar-refractivity contribution in [1.29, 1.82) is 0 Å². The van der Waals surface area contributed by atoms with Gasteiger partial charge in [0.15, 0.2) is 0 Å². The lowest BCUT2D eigenvalue weighted by atomic mass is 9.92. The minimum Gasteiger partial charge on any atom is -0.388 e. The van der Waals surface area contributed by atoms with Crippen LogP contribution in [-0.2, 0) is 14.3 Å². The number of hydrogen-bond donors (Lipinski definition) is 4. The summed E-state index contributed by atoms with van der Waals surface area (Å²) in [5, 5.41) is 35.5. The summed E-state index contributed by atoms with van der Waals surface area (Å²) in [5.41, 5.74) is 1.33. The molecule has 3 aliphatic heterocycles. The summed E-state index contributed by atoms with van der Waals surface area (Å²) in [6, 6.07) is 11.4. The van der Waals surface area contributed by atoms with Crippen LogP contribution in [0, 0.1) is 5.92 Å². The molecule has 9 nitrogen and oxygen atoms in total. The van der Waals surface area contributed by atoms with Gasteiger partial charge in [-0.25, -0.2) is 0 Å². The molecular formula is C32H41N3O6S2. The van der Waals surface area contributed by atoms with Crippen molar-refractivity contribution in [3.05, 3.63) is 60.9 Å². The van der Waals surface area contributed by atoms with Gasteiger partial charge in [0.2, 0.25) is 5.91 Å². The lowest BCUT2D eigenvalue weighted by Gasteiger charge is -2.45. The maximum absolute atomic E-state index is 14.2. The number of thioether (sulfide) groups is 2. The van der Waals surface area contributed by atoms with E-state index in [1.54, 1.807) is 24.2 Å². The van der Waals surface area contributed by atoms with Crippen LogP contribution in [0.1, 0.15) is 26.2 Å². The zero-order valence-corrected chi connectivity index (χ0v) is 26.1. The molecule has 4 aliphatic rings. The Morgan fingerprint density at radius 2 is 1.86 bits per heavy atom. The van der Waals surface area contributed by atoms with Gasteiger partial charge in [-0.3, -0.25) is 14.7 Å². The minimum atomic E-state index is -1.40. The van der Waals surface area contributed by atoms with E-state index in [0.717, 1.165) is 41.8 Å². The van der Waals surface area contributed by atoms with Crippen LogP contribution in [0.25, 0.3) is 11.1 Å². The van der Waals surface area contributed by atoms with Crippen molar-refractivity contribution in [3.63, 3.8) is 0 Å². The molecule has 1 saturated carbocycles. The predicted molar refractivity (Wildman–Crippen MR) is 168 cm³/mol. The fraction of sp³-hybridized carbons (Fsp3) is 0.562. The van der Waals surface area contributed by atoms with Gasteiger partial charge in [-0.2, -0.15) is 0 Å². The lowest BCUT2D eigenvalue weighted by Crippen LogP contribution is -2.66. The van der Waals surface area contributed by atoms with E-state index in [2.05, 4.69) is 21.3 Å². The molecule has 6 rings (SSSR count). The Balaban J connectivity index is 1.25. The first-order chi connectivity index (χ1) is 20.9. The Morgan fingerprint density at radius 1 is 1.07 bits per heavy atom. The summed E-state index contributed by atoms with van der Waals surface area (Å²) in [6.07, 6.45) is 7.40. The molecule has 0 spiro atoms. The maximum atomic E-state index is 14.2. The highest BCUT2D eigenvalue weighted by atomic mass is 32.2. The minimum absolute atomic E-state index is 0.150. The second-order valence-corrected chi connectivity index (χ2v) is 14.3. The fourth-order valence-electron chi connectivity index (χ4n) is 6.59. The number of nitrogens with one attached hydrogen (secondary N) is 1. The molecule has 2 aromatic rings. The molecule has 0 radical (unpaired) electrons. The van der Waals surface area contributed by atoms with Gasteiger partial charge in [0.1, 0.15) is 35.9 Å². The van der Waals surface area contributed by atoms with Crippen molar-refractivity contribution in [2.75, 3.05) is 19.4 Å². The molecule has 1 aromatic carbocycles. The first kappa shape index (κ1) is 31.0. The van der Waals surface area contributed by atoms with Crippen molar-refractivity contribution < 1.29 is 29.6 Å². The van der Waals surface area contributed by atoms with Crippen LogP contribution in [0.3, 0.4) is 0 Å². The van der Waals surface area contributed by atoms with Crippen LogP contribution in [0.2, 0.25) is 0 Å². The number of rotatable bonds is 9. The van der Waals surface area contributed by atoms with Crippen molar-refractivity contribution >= 4 is 29.4 Å². The van der Waals surface area contributed by atoms with Gasteiger partial charge in [0, 0.05) is 41.0 Å². The standard InChI is InChI=1S/C32H41N3O6S2/c1-18(43-23-12-8-19(9-13-23)20-7-5-14-33-16-20)24(30-27(37)26(36)28(38)32(41-30)42-2)34-31(39)25-29-21(6-3-4-15-40-29)17-35(25)22-10-11-22/h3-5,7-9,12-14,16,18,21-22,24-30,32,36-38H,6,10-11,15,17H2,1-2H3,(H,34,39)/t18-,21-,24+,25?,26?,27?,28?,29?,30?,32?/m0/s1. The van der Waals surface area contributed by atoms with Crippen LogP contribution in [0.4, 0.5) is 0 Å². The van der Waals surface area contributed by atoms with E-state index >= 15 is 0 Å². The van der Waals surface area contributed by atoms with Crippen molar-refractivity contribution in [2.45, 2.75) is 90.4 Å². The van der Waals surface area contributed by atoms with Gasteiger partial charge >= 0.3 is 0 Å². The Kier molecular flexibility index (Phi) is 9.80. The third kappa shape index (κ3) is 6.69. The van der Waals surface area contributed by atoms with Gasteiger partial charge in [0.05, 0.1) is 18.8 Å². The van der Waals surface area contributed by atoms with E-state index in [1.165, 1.54) is 11.8 Å². The number of hydrogen-bond acceptors (Lipinski definition) is 10. The molecular weight excluding hydrogens is 587 g/mol. The van der Waals surface area contributed by atoms with Gasteiger partial charge in [-0.1, -0.05) is 37.3 Å². The number of fused-ring (bicyclic) bond motifs is 1. The summed E-state index contributed by atoms with van der Waals surface area (Å²) in [5.74, 6) is 0.0934. The molecule has 10 atom stereocenters. The number of nitrogens with zero attached hydrogens (tertiary/aromatic N) is 2. The molecule has 1 aromatic heterocycles. The Labute approximate surface area is 261 Å². The third-order valence-electron chi connectivity index (χ3n) is 9.03. The lowest BCUT2D eigenvalue weighted by molar-refractivity contribution is -0.205. The Morgan fingerprint density at radius 3 is 2.56 bits per heavy atom. The normalized spacial score (nSPS) is 34.3. The monoisotopic (exact) mass is 627 g/mol. The van der Waals surface area contributed by atoms with Crippen LogP contribution in [-0.4, -0.2) is 110 Å². The topological polar surface area (TPSA) is 124 Å². The maximum Gasteiger partial charge on any atom is 0.240 e. The Hall–Kier alpha value is -1.96. The number of carbonyl (C=O) groups excluding carboxylic acids is 1. The summed E-state index contributed by atoms with van der Waals surface area (Å²) in [6.45, 7) is 3.30. The number of aliphatic hydroxyl groups excluding tert-OH is 3. The summed E-state index contributed by atoms with van der Waals surface area (Å²) >= 11 is 2.83. The first-order valence-corrected chi connectivity index (χ1v) is 17.2. The van der Waals surface area contributed by atoms with Crippen LogP contribution < -0.4 is 5.32 Å². The Bertz CT molecular complexity index is 1260. The average molecular weight is 628 g/mol. The molecule has 1 aliphatic carbocycles. The van der Waals surface area contributed by atoms with Crippen molar-refractivity contribution in [3.8, 4) is 11.1 Å². The van der Waals surface area contributed by atoms with E-state index in [1.807, 2.05) is 55.6 Å². The molecule has 1 amide bonds. The van der Waals surface area contributed by atoms with E-state index in [4.69, 9.17) is 9.47 Å². The molecule has 232 valence electrons. The molecule has 11 heteroatoms. The SMILES string of the molecule is CSC1OC([C@H](NC(=O)C2C3OCC=CC[C@H]3CN2C2CC2)[C@H](C)Sc2ccc(-c3cccnc3)cc2)C(O)C(O)C1O. The van der Waals surface area contributed by atoms with E-state index in [0.29, 0.717) is 12.6 Å². The summed E-state index contributed by atoms with van der Waals surface area (Å²) in [7, 11) is 0. The predicted octanol–water partition coefficient (Wildman–Crippen LogP) is 2.69. The van der Waals surface area contributed by atoms with E-state index in [9.17, 15) is 20.1 Å². The average Bonchev–Trinajstić information content (AvgIpc) is 3.84. The second-order valence-electron chi connectivity index (χ2n) is 11.9. The third-order valence-corrected chi connectivity index (χ3v) is 11.1. The van der Waals surface area contributed by atoms with Crippen molar-refractivity contribution in [2.24, 2.45) is 5.92 Å².